The van der Waals surface area contributed by atoms with Gasteiger partial charge in [-0.1, -0.05) is 0 Å². The summed E-state index contributed by atoms with van der Waals surface area (Å²) in [5, 5.41) is 2.84. The Bertz CT molecular complexity index is 666. The molecule has 1 aromatic rings. The molecule has 1 aromatic heterocycles. The van der Waals surface area contributed by atoms with Gasteiger partial charge < -0.3 is 19.9 Å². The second-order valence-corrected chi connectivity index (χ2v) is 5.90. The van der Waals surface area contributed by atoms with Crippen LogP contribution in [0.3, 0.4) is 0 Å². The maximum atomic E-state index is 12.4. The third kappa shape index (κ3) is 3.42. The highest BCUT2D eigenvalue weighted by molar-refractivity contribution is 5.93. The first-order valence-corrected chi connectivity index (χ1v) is 7.83. The monoisotopic (exact) mass is 320 g/mol. The minimum atomic E-state index is -0.365. The topological polar surface area (TPSA) is 104 Å². The van der Waals surface area contributed by atoms with E-state index >= 15 is 0 Å². The number of nitrogens with one attached hydrogen (secondary N) is 2. The summed E-state index contributed by atoms with van der Waals surface area (Å²) in [6.45, 7) is 3.26. The smallest absolute Gasteiger partial charge is 0.273 e. The van der Waals surface area contributed by atoms with E-state index in [2.05, 4.69) is 15.3 Å². The Morgan fingerprint density at radius 1 is 1.48 bits per heavy atom. The van der Waals surface area contributed by atoms with Gasteiger partial charge in [-0.3, -0.25) is 14.4 Å². The van der Waals surface area contributed by atoms with E-state index in [0.29, 0.717) is 25.5 Å². The van der Waals surface area contributed by atoms with Gasteiger partial charge in [0.05, 0.1) is 6.04 Å². The number of amides is 2. The van der Waals surface area contributed by atoms with Crippen LogP contribution in [0.25, 0.3) is 0 Å². The van der Waals surface area contributed by atoms with Crippen LogP contribution in [0.4, 0.5) is 0 Å². The molecule has 0 saturated carbocycles. The van der Waals surface area contributed by atoms with Gasteiger partial charge in [0.1, 0.15) is 17.6 Å². The van der Waals surface area contributed by atoms with Gasteiger partial charge in [-0.15, -0.1) is 0 Å². The fourth-order valence-electron chi connectivity index (χ4n) is 2.87. The molecule has 3 heterocycles. The minimum Gasteiger partial charge on any atom is -0.368 e. The lowest BCUT2D eigenvalue weighted by molar-refractivity contribution is -0.130. The van der Waals surface area contributed by atoms with Gasteiger partial charge >= 0.3 is 0 Å². The first-order valence-electron chi connectivity index (χ1n) is 7.83. The summed E-state index contributed by atoms with van der Waals surface area (Å²) in [5.41, 5.74) is -0.203. The number of aryl methyl sites for hydroxylation is 1. The number of likely N-dealkylation sites (tertiary alicyclic amines) is 1. The van der Waals surface area contributed by atoms with E-state index in [-0.39, 0.29) is 35.2 Å². The van der Waals surface area contributed by atoms with Crippen LogP contribution in [-0.4, -0.2) is 58.5 Å². The predicted octanol–water partition coefficient (Wildman–Crippen LogP) is -0.412. The summed E-state index contributed by atoms with van der Waals surface area (Å²) in [6.07, 6.45) is 2.10. The third-order valence-corrected chi connectivity index (χ3v) is 4.22. The van der Waals surface area contributed by atoms with Crippen molar-refractivity contribution in [3.63, 3.8) is 0 Å². The van der Waals surface area contributed by atoms with Crippen molar-refractivity contribution in [2.24, 2.45) is 0 Å². The summed E-state index contributed by atoms with van der Waals surface area (Å²) in [6, 6.07) is 1.14. The zero-order chi connectivity index (χ0) is 16.4. The van der Waals surface area contributed by atoms with Crippen molar-refractivity contribution in [2.75, 3.05) is 19.7 Å². The molecule has 0 bridgehead atoms. The molecule has 8 heteroatoms. The van der Waals surface area contributed by atoms with E-state index in [0.717, 1.165) is 19.3 Å². The molecule has 1 unspecified atom stereocenters. The molecule has 0 aliphatic carbocycles. The van der Waals surface area contributed by atoms with Crippen molar-refractivity contribution < 1.29 is 14.3 Å². The zero-order valence-electron chi connectivity index (χ0n) is 13.0. The highest BCUT2D eigenvalue weighted by atomic mass is 16.5. The van der Waals surface area contributed by atoms with Gasteiger partial charge in [0.25, 0.3) is 11.5 Å². The van der Waals surface area contributed by atoms with Crippen molar-refractivity contribution in [3.8, 4) is 0 Å². The zero-order valence-corrected chi connectivity index (χ0v) is 13.0. The fraction of sp³-hybridized carbons (Fsp3) is 0.600. The normalized spacial score (nSPS) is 23.4. The molecular formula is C15H20N4O4. The molecule has 0 spiro atoms. The Morgan fingerprint density at radius 3 is 2.91 bits per heavy atom. The molecule has 23 heavy (non-hydrogen) atoms. The number of nitrogens with zero attached hydrogens (tertiary/aromatic N) is 2. The Kier molecular flexibility index (Phi) is 4.42. The quantitative estimate of drug-likeness (QED) is 0.784. The third-order valence-electron chi connectivity index (χ3n) is 4.22. The number of hydrogen-bond donors (Lipinski definition) is 2. The lowest BCUT2D eigenvalue weighted by Crippen LogP contribution is -2.56. The largest absolute Gasteiger partial charge is 0.368 e. The molecule has 0 aromatic carbocycles. The van der Waals surface area contributed by atoms with Crippen LogP contribution in [-0.2, 0) is 9.53 Å². The maximum absolute atomic E-state index is 12.4. The molecule has 0 radical (unpaired) electrons. The lowest BCUT2D eigenvalue weighted by atomic mass is 10.0. The number of ether oxygens (including phenoxy) is 1. The lowest BCUT2D eigenvalue weighted by Gasteiger charge is -2.41. The van der Waals surface area contributed by atoms with Crippen LogP contribution in [0, 0.1) is 6.92 Å². The number of rotatable bonds is 4. The molecular weight excluding hydrogens is 300 g/mol. The van der Waals surface area contributed by atoms with E-state index in [1.807, 2.05) is 0 Å². The second kappa shape index (κ2) is 6.49. The summed E-state index contributed by atoms with van der Waals surface area (Å²) in [7, 11) is 0. The van der Waals surface area contributed by atoms with Gasteiger partial charge in [-0.2, -0.15) is 0 Å². The van der Waals surface area contributed by atoms with Crippen LogP contribution < -0.4 is 10.9 Å². The molecule has 2 N–H and O–H groups in total. The van der Waals surface area contributed by atoms with Crippen molar-refractivity contribution >= 4 is 11.8 Å². The van der Waals surface area contributed by atoms with E-state index in [4.69, 9.17) is 4.74 Å². The maximum Gasteiger partial charge on any atom is 0.273 e. The fourth-order valence-corrected chi connectivity index (χ4v) is 2.87. The molecule has 2 fully saturated rings. The molecule has 2 aliphatic rings. The standard InChI is InChI=1S/C15H20N4O4/c1-9-17-11(7-13(20)18-9)15(22)19-5-4-10(19)8-16-14(21)12-3-2-6-23-12/h7,10,12H,2-6,8H2,1H3,(H,16,21)(H,17,18,20)/t10?,12-/m1/s1. The van der Waals surface area contributed by atoms with Crippen LogP contribution in [0.1, 0.15) is 35.6 Å². The summed E-state index contributed by atoms with van der Waals surface area (Å²) < 4.78 is 5.33. The average molecular weight is 320 g/mol. The molecule has 2 aliphatic heterocycles. The molecule has 3 rings (SSSR count). The number of carbonyl (C=O) groups is 2. The minimum absolute atomic E-state index is 0.0609. The highest BCUT2D eigenvalue weighted by Crippen LogP contribution is 2.19. The number of carbonyl (C=O) groups excluding carboxylic acids is 2. The van der Waals surface area contributed by atoms with E-state index in [9.17, 15) is 14.4 Å². The Morgan fingerprint density at radius 2 is 2.30 bits per heavy atom. The van der Waals surface area contributed by atoms with Crippen LogP contribution in [0.2, 0.25) is 0 Å². The molecule has 2 atom stereocenters. The summed E-state index contributed by atoms with van der Waals surface area (Å²) in [5.74, 6) is 0.0124. The predicted molar refractivity (Wildman–Crippen MR) is 81.0 cm³/mol. The number of aromatic nitrogens is 2. The van der Waals surface area contributed by atoms with Crippen LogP contribution in [0.5, 0.6) is 0 Å². The van der Waals surface area contributed by atoms with Crippen molar-refractivity contribution in [1.29, 1.82) is 0 Å². The van der Waals surface area contributed by atoms with Crippen molar-refractivity contribution in [1.82, 2.24) is 20.2 Å². The van der Waals surface area contributed by atoms with Gasteiger partial charge in [0.2, 0.25) is 5.91 Å². The van der Waals surface area contributed by atoms with Crippen molar-refractivity contribution in [3.05, 3.63) is 27.9 Å². The first-order chi connectivity index (χ1) is 11.0. The summed E-state index contributed by atoms with van der Waals surface area (Å²) in [4.78, 5) is 44.0. The molecule has 2 amide bonds. The Hall–Kier alpha value is -2.22. The molecule has 2 saturated heterocycles. The Labute approximate surface area is 133 Å². The molecule has 124 valence electrons. The summed E-state index contributed by atoms with van der Waals surface area (Å²) >= 11 is 0. The first kappa shape index (κ1) is 15.7. The second-order valence-electron chi connectivity index (χ2n) is 5.90. The Balaban J connectivity index is 1.57. The number of aromatic amines is 1. The SMILES string of the molecule is Cc1nc(C(=O)N2CCC2CNC(=O)[C@H]2CCCO2)cc(=O)[nH]1. The van der Waals surface area contributed by atoms with Gasteiger partial charge in [0.15, 0.2) is 0 Å². The molecule has 8 nitrogen and oxygen atoms in total. The highest BCUT2D eigenvalue weighted by Gasteiger charge is 2.34. The van der Waals surface area contributed by atoms with E-state index < -0.39 is 0 Å². The van der Waals surface area contributed by atoms with Crippen LogP contribution >= 0.6 is 0 Å². The number of hydrogen-bond acceptors (Lipinski definition) is 5. The van der Waals surface area contributed by atoms with E-state index in [1.165, 1.54) is 6.07 Å². The number of H-pyrrole nitrogens is 1. The van der Waals surface area contributed by atoms with Crippen molar-refractivity contribution in [2.45, 2.75) is 38.3 Å². The van der Waals surface area contributed by atoms with Gasteiger partial charge in [-0.05, 0) is 26.2 Å². The van der Waals surface area contributed by atoms with Gasteiger partial charge in [-0.25, -0.2) is 4.98 Å². The van der Waals surface area contributed by atoms with Crippen LogP contribution in [0.15, 0.2) is 10.9 Å². The average Bonchev–Trinajstić information content (AvgIpc) is 2.99. The van der Waals surface area contributed by atoms with Gasteiger partial charge in [0, 0.05) is 25.8 Å². The van der Waals surface area contributed by atoms with E-state index in [1.54, 1.807) is 11.8 Å².